The van der Waals surface area contributed by atoms with Crippen molar-refractivity contribution in [1.29, 1.82) is 0 Å². The summed E-state index contributed by atoms with van der Waals surface area (Å²) in [6.07, 6.45) is -2.94. The number of nitrogens with one attached hydrogen (secondary N) is 2. The maximum absolute atomic E-state index is 12.3. The van der Waals surface area contributed by atoms with Crippen LogP contribution < -0.4 is 10.6 Å². The van der Waals surface area contributed by atoms with Gasteiger partial charge in [-0.1, -0.05) is 20.3 Å². The molecule has 0 spiro atoms. The van der Waals surface area contributed by atoms with Gasteiger partial charge in [0.15, 0.2) is 0 Å². The van der Waals surface area contributed by atoms with Crippen LogP contribution in [0.15, 0.2) is 0 Å². The van der Waals surface area contributed by atoms with E-state index in [1.807, 2.05) is 13.8 Å². The standard InChI is InChI=1S/C14H26F3N3O2/c1-4-10(2)13(3,22)8-18-12(21)19-11-5-6-20(7-11)9-14(15,16)17/h10-11,22H,4-9H2,1-3H3,(H2,18,19,21). The summed E-state index contributed by atoms with van der Waals surface area (Å²) in [6.45, 7) is 5.16. The molecule has 0 aromatic heterocycles. The third kappa shape index (κ3) is 6.39. The lowest BCUT2D eigenvalue weighted by molar-refractivity contribution is -0.143. The minimum atomic E-state index is -4.22. The first-order valence-corrected chi connectivity index (χ1v) is 7.59. The largest absolute Gasteiger partial charge is 0.401 e. The number of carbonyl (C=O) groups excluding carboxylic acids is 1. The van der Waals surface area contributed by atoms with Gasteiger partial charge < -0.3 is 15.7 Å². The van der Waals surface area contributed by atoms with E-state index in [0.717, 1.165) is 6.42 Å². The van der Waals surface area contributed by atoms with E-state index in [4.69, 9.17) is 0 Å². The van der Waals surface area contributed by atoms with Crippen LogP contribution in [0, 0.1) is 5.92 Å². The molecule has 2 amide bonds. The number of carbonyl (C=O) groups is 1. The van der Waals surface area contributed by atoms with Crippen molar-refractivity contribution in [2.24, 2.45) is 5.92 Å². The second-order valence-corrected chi connectivity index (χ2v) is 6.33. The molecule has 1 aliphatic heterocycles. The van der Waals surface area contributed by atoms with Crippen molar-refractivity contribution in [1.82, 2.24) is 15.5 Å². The Kier molecular flexibility index (Phi) is 6.49. The minimum Gasteiger partial charge on any atom is -0.388 e. The number of alkyl halides is 3. The van der Waals surface area contributed by atoms with Gasteiger partial charge in [0, 0.05) is 25.7 Å². The van der Waals surface area contributed by atoms with E-state index in [1.54, 1.807) is 6.92 Å². The van der Waals surface area contributed by atoms with Gasteiger partial charge in [-0.15, -0.1) is 0 Å². The van der Waals surface area contributed by atoms with E-state index in [2.05, 4.69) is 10.6 Å². The zero-order valence-corrected chi connectivity index (χ0v) is 13.3. The molecular formula is C14H26F3N3O2. The Balaban J connectivity index is 2.32. The monoisotopic (exact) mass is 325 g/mol. The van der Waals surface area contributed by atoms with E-state index in [0.29, 0.717) is 13.0 Å². The van der Waals surface area contributed by atoms with E-state index in [1.165, 1.54) is 4.90 Å². The van der Waals surface area contributed by atoms with Crippen LogP contribution >= 0.6 is 0 Å². The number of likely N-dealkylation sites (tertiary alicyclic amines) is 1. The van der Waals surface area contributed by atoms with Crippen LogP contribution in [0.4, 0.5) is 18.0 Å². The summed E-state index contributed by atoms with van der Waals surface area (Å²) in [6, 6.07) is -0.752. The fraction of sp³-hybridized carbons (Fsp3) is 0.929. The van der Waals surface area contributed by atoms with E-state index < -0.39 is 24.4 Å². The highest BCUT2D eigenvalue weighted by Crippen LogP contribution is 2.20. The number of halogens is 3. The molecule has 3 N–H and O–H groups in total. The lowest BCUT2D eigenvalue weighted by Crippen LogP contribution is -2.50. The Morgan fingerprint density at radius 3 is 2.64 bits per heavy atom. The second kappa shape index (κ2) is 7.50. The fourth-order valence-corrected chi connectivity index (χ4v) is 2.46. The van der Waals surface area contributed by atoms with Gasteiger partial charge in [0.25, 0.3) is 0 Å². The van der Waals surface area contributed by atoms with Crippen molar-refractivity contribution in [2.45, 2.75) is 51.4 Å². The topological polar surface area (TPSA) is 64.6 Å². The third-order valence-corrected chi connectivity index (χ3v) is 4.29. The van der Waals surface area contributed by atoms with Crippen molar-refractivity contribution in [2.75, 3.05) is 26.2 Å². The van der Waals surface area contributed by atoms with Crippen LogP contribution in [-0.2, 0) is 0 Å². The SMILES string of the molecule is CCC(C)C(C)(O)CNC(=O)NC1CCN(CC(F)(F)F)C1. The Morgan fingerprint density at radius 1 is 1.45 bits per heavy atom. The molecule has 130 valence electrons. The normalized spacial score (nSPS) is 23.9. The van der Waals surface area contributed by atoms with E-state index >= 15 is 0 Å². The maximum Gasteiger partial charge on any atom is 0.401 e. The molecule has 1 aliphatic rings. The molecule has 1 rings (SSSR count). The Morgan fingerprint density at radius 2 is 2.09 bits per heavy atom. The van der Waals surface area contributed by atoms with E-state index in [9.17, 15) is 23.1 Å². The zero-order chi connectivity index (χ0) is 17.0. The van der Waals surface area contributed by atoms with E-state index in [-0.39, 0.29) is 25.0 Å². The highest BCUT2D eigenvalue weighted by atomic mass is 19.4. The molecule has 5 nitrogen and oxygen atoms in total. The predicted octanol–water partition coefficient (Wildman–Crippen LogP) is 1.72. The van der Waals surface area contributed by atoms with Crippen LogP contribution in [0.25, 0.3) is 0 Å². The summed E-state index contributed by atoms with van der Waals surface area (Å²) in [5.41, 5.74) is -1.01. The van der Waals surface area contributed by atoms with Crippen molar-refractivity contribution >= 4 is 6.03 Å². The van der Waals surface area contributed by atoms with Crippen LogP contribution in [-0.4, -0.2) is 60.0 Å². The van der Waals surface area contributed by atoms with Crippen LogP contribution in [0.3, 0.4) is 0 Å². The van der Waals surface area contributed by atoms with Crippen molar-refractivity contribution in [3.8, 4) is 0 Å². The van der Waals surface area contributed by atoms with Gasteiger partial charge in [-0.3, -0.25) is 4.90 Å². The molecule has 0 saturated carbocycles. The third-order valence-electron chi connectivity index (χ3n) is 4.29. The molecule has 22 heavy (non-hydrogen) atoms. The lowest BCUT2D eigenvalue weighted by atomic mass is 9.89. The first kappa shape index (κ1) is 19.0. The van der Waals surface area contributed by atoms with Gasteiger partial charge in [-0.25, -0.2) is 4.79 Å². The Labute approximate surface area is 129 Å². The van der Waals surface area contributed by atoms with Gasteiger partial charge >= 0.3 is 12.2 Å². The molecule has 1 heterocycles. The molecule has 1 fully saturated rings. The second-order valence-electron chi connectivity index (χ2n) is 6.33. The number of nitrogens with zero attached hydrogens (tertiary/aromatic N) is 1. The predicted molar refractivity (Wildman–Crippen MR) is 77.5 cm³/mol. The Hall–Kier alpha value is -1.02. The minimum absolute atomic E-state index is 0.0292. The molecule has 0 aromatic rings. The fourth-order valence-electron chi connectivity index (χ4n) is 2.46. The van der Waals surface area contributed by atoms with Crippen LogP contribution in [0.5, 0.6) is 0 Å². The zero-order valence-electron chi connectivity index (χ0n) is 13.3. The van der Waals surface area contributed by atoms with Gasteiger partial charge in [-0.2, -0.15) is 13.2 Å². The van der Waals surface area contributed by atoms with Crippen LogP contribution in [0.2, 0.25) is 0 Å². The molecule has 0 bridgehead atoms. The summed E-state index contributed by atoms with van der Waals surface area (Å²) < 4.78 is 36.9. The highest BCUT2D eigenvalue weighted by Gasteiger charge is 2.35. The molecule has 3 unspecified atom stereocenters. The summed E-state index contributed by atoms with van der Waals surface area (Å²) >= 11 is 0. The quantitative estimate of drug-likeness (QED) is 0.697. The molecule has 0 radical (unpaired) electrons. The number of urea groups is 1. The highest BCUT2D eigenvalue weighted by molar-refractivity contribution is 5.74. The lowest BCUT2D eigenvalue weighted by Gasteiger charge is -2.30. The average molecular weight is 325 g/mol. The van der Waals surface area contributed by atoms with Gasteiger partial charge in [0.2, 0.25) is 0 Å². The van der Waals surface area contributed by atoms with Crippen LogP contribution in [0.1, 0.15) is 33.6 Å². The molecule has 0 aliphatic carbocycles. The molecule has 0 aromatic carbocycles. The number of hydrogen-bond donors (Lipinski definition) is 3. The number of rotatable bonds is 6. The first-order valence-electron chi connectivity index (χ1n) is 7.59. The summed E-state index contributed by atoms with van der Waals surface area (Å²) in [4.78, 5) is 13.1. The van der Waals surface area contributed by atoms with Crippen molar-refractivity contribution in [3.05, 3.63) is 0 Å². The molecular weight excluding hydrogens is 299 g/mol. The summed E-state index contributed by atoms with van der Waals surface area (Å²) in [5.74, 6) is 0.0292. The molecule has 8 heteroatoms. The summed E-state index contributed by atoms with van der Waals surface area (Å²) in [7, 11) is 0. The average Bonchev–Trinajstić information content (AvgIpc) is 2.80. The number of hydrogen-bond acceptors (Lipinski definition) is 3. The number of aliphatic hydroxyl groups is 1. The molecule has 3 atom stereocenters. The molecule has 1 saturated heterocycles. The van der Waals surface area contributed by atoms with Crippen molar-refractivity contribution < 1.29 is 23.1 Å². The van der Waals surface area contributed by atoms with Crippen molar-refractivity contribution in [3.63, 3.8) is 0 Å². The maximum atomic E-state index is 12.3. The first-order chi connectivity index (χ1) is 10.0. The summed E-state index contributed by atoms with van der Waals surface area (Å²) in [5, 5.41) is 15.4. The smallest absolute Gasteiger partial charge is 0.388 e. The van der Waals surface area contributed by atoms with Gasteiger partial charge in [0.05, 0.1) is 12.1 Å². The van der Waals surface area contributed by atoms with Gasteiger partial charge in [-0.05, 0) is 19.3 Å². The number of amides is 2. The van der Waals surface area contributed by atoms with Gasteiger partial charge in [0.1, 0.15) is 0 Å². The Bertz CT molecular complexity index is 375.